The molecule has 0 bridgehead atoms. The molecule has 0 saturated heterocycles. The molecule has 3 amide bonds. The van der Waals surface area contributed by atoms with E-state index >= 15 is 0 Å². The fraction of sp³-hybridized carbons (Fsp3) is 0. The minimum absolute atomic E-state index is 0.396. The molecule has 0 atom stereocenters. The molecule has 0 fully saturated rings. The van der Waals surface area contributed by atoms with Gasteiger partial charge in [0.15, 0.2) is 0 Å². The summed E-state index contributed by atoms with van der Waals surface area (Å²) < 4.78 is 0. The van der Waals surface area contributed by atoms with E-state index in [-0.39, 0.29) is 0 Å². The first kappa shape index (κ1) is 11.5. The second kappa shape index (κ2) is 4.30. The third kappa shape index (κ3) is 2.08. The molecule has 3 N–H and O–H groups in total. The minimum atomic E-state index is -1.93. The Labute approximate surface area is 89.2 Å². The van der Waals surface area contributed by atoms with Crippen LogP contribution in [-0.4, -0.2) is 38.3 Å². The summed E-state index contributed by atoms with van der Waals surface area (Å²) in [4.78, 5) is 32.1. The molecule has 7 heteroatoms. The average Bonchev–Trinajstić information content (AvgIpc) is 2.16. The maximum atomic E-state index is 11.5. The number of para-hydroxylation sites is 1. The molecule has 1 aromatic carbocycles. The summed E-state index contributed by atoms with van der Waals surface area (Å²) in [5, 5.41) is 26.3. The molecular weight excluding hydrogens is 218 g/mol. The first-order chi connectivity index (χ1) is 7.45. The van der Waals surface area contributed by atoms with E-state index in [1.54, 1.807) is 0 Å². The molecule has 0 aliphatic rings. The Bertz CT molecular complexity index is 441. The lowest BCUT2D eigenvalue weighted by atomic mass is 10.2. The fourth-order valence-corrected chi connectivity index (χ4v) is 1.03. The van der Waals surface area contributed by atoms with Crippen LogP contribution < -0.4 is 0 Å². The quantitative estimate of drug-likeness (QED) is 0.661. The number of phenolic OH excluding ortho intramolecular Hbond substituents is 1. The van der Waals surface area contributed by atoms with Gasteiger partial charge in [-0.3, -0.25) is 4.79 Å². The van der Waals surface area contributed by atoms with E-state index < -0.39 is 34.3 Å². The molecule has 0 unspecified atom stereocenters. The Hall–Kier alpha value is -2.57. The second-order valence-electron chi connectivity index (χ2n) is 2.72. The molecule has 0 aromatic heterocycles. The van der Waals surface area contributed by atoms with Gasteiger partial charge in [-0.25, -0.2) is 9.59 Å². The van der Waals surface area contributed by atoms with Crippen LogP contribution >= 0.6 is 0 Å². The SMILES string of the molecule is O=C(O)N(C(=O)O)C(=O)c1ccccc1O. The topological polar surface area (TPSA) is 115 Å². The van der Waals surface area contributed by atoms with Crippen molar-refractivity contribution in [3.05, 3.63) is 29.8 Å². The zero-order valence-electron chi connectivity index (χ0n) is 7.82. The minimum Gasteiger partial charge on any atom is -0.507 e. The fourth-order valence-electron chi connectivity index (χ4n) is 1.03. The summed E-state index contributed by atoms with van der Waals surface area (Å²) >= 11 is 0. The second-order valence-corrected chi connectivity index (χ2v) is 2.72. The molecule has 0 saturated carbocycles. The van der Waals surface area contributed by atoms with E-state index in [0.717, 1.165) is 12.1 Å². The van der Waals surface area contributed by atoms with E-state index in [0.29, 0.717) is 0 Å². The van der Waals surface area contributed by atoms with Gasteiger partial charge < -0.3 is 15.3 Å². The van der Waals surface area contributed by atoms with Crippen molar-refractivity contribution in [2.45, 2.75) is 0 Å². The predicted octanol–water partition coefficient (Wildman–Crippen LogP) is 1.19. The maximum absolute atomic E-state index is 11.5. The molecule has 84 valence electrons. The van der Waals surface area contributed by atoms with Gasteiger partial charge in [0.25, 0.3) is 5.91 Å². The largest absolute Gasteiger partial charge is 0.507 e. The summed E-state index contributed by atoms with van der Waals surface area (Å²) in [6.45, 7) is 0. The number of aromatic hydroxyl groups is 1. The predicted molar refractivity (Wildman–Crippen MR) is 50.3 cm³/mol. The van der Waals surface area contributed by atoms with E-state index in [4.69, 9.17) is 10.2 Å². The van der Waals surface area contributed by atoms with Gasteiger partial charge in [-0.15, -0.1) is 4.90 Å². The van der Waals surface area contributed by atoms with Crippen molar-refractivity contribution in [1.82, 2.24) is 4.90 Å². The average molecular weight is 225 g/mol. The molecule has 0 radical (unpaired) electrons. The number of carbonyl (C=O) groups is 3. The van der Waals surface area contributed by atoms with Gasteiger partial charge in [-0.05, 0) is 12.1 Å². The van der Waals surface area contributed by atoms with Crippen LogP contribution in [0, 0.1) is 0 Å². The molecular formula is C9H7NO6. The number of phenols is 1. The van der Waals surface area contributed by atoms with Crippen molar-refractivity contribution >= 4 is 18.1 Å². The van der Waals surface area contributed by atoms with Crippen molar-refractivity contribution in [1.29, 1.82) is 0 Å². The number of nitrogens with zero attached hydrogens (tertiary/aromatic N) is 1. The van der Waals surface area contributed by atoms with Gasteiger partial charge in [-0.1, -0.05) is 12.1 Å². The van der Waals surface area contributed by atoms with Gasteiger partial charge in [0.2, 0.25) is 0 Å². The highest BCUT2D eigenvalue weighted by Crippen LogP contribution is 2.17. The summed E-state index contributed by atoms with van der Waals surface area (Å²) in [6.07, 6.45) is -3.86. The van der Waals surface area contributed by atoms with E-state index in [1.807, 2.05) is 0 Å². The number of hydrogen-bond donors (Lipinski definition) is 3. The van der Waals surface area contributed by atoms with E-state index in [1.165, 1.54) is 12.1 Å². The Balaban J connectivity index is 3.15. The van der Waals surface area contributed by atoms with Gasteiger partial charge in [0.05, 0.1) is 5.56 Å². The zero-order valence-corrected chi connectivity index (χ0v) is 7.82. The van der Waals surface area contributed by atoms with Crippen LogP contribution in [0.25, 0.3) is 0 Å². The van der Waals surface area contributed by atoms with E-state index in [2.05, 4.69) is 0 Å². The number of benzene rings is 1. The lowest BCUT2D eigenvalue weighted by molar-refractivity contribution is 0.0729. The molecule has 0 aliphatic carbocycles. The van der Waals surface area contributed by atoms with Crippen LogP contribution in [0.5, 0.6) is 5.75 Å². The number of amides is 3. The van der Waals surface area contributed by atoms with Crippen LogP contribution in [0.1, 0.15) is 10.4 Å². The lowest BCUT2D eigenvalue weighted by Crippen LogP contribution is -2.39. The lowest BCUT2D eigenvalue weighted by Gasteiger charge is -2.11. The first-order valence-electron chi connectivity index (χ1n) is 4.03. The smallest absolute Gasteiger partial charge is 0.424 e. The third-order valence-electron chi connectivity index (χ3n) is 1.72. The van der Waals surface area contributed by atoms with Gasteiger partial charge in [0, 0.05) is 0 Å². The van der Waals surface area contributed by atoms with Crippen LogP contribution in [0.4, 0.5) is 9.59 Å². The monoisotopic (exact) mass is 225 g/mol. The summed E-state index contributed by atoms with van der Waals surface area (Å²) in [5.41, 5.74) is -0.396. The van der Waals surface area contributed by atoms with Gasteiger partial charge in [0.1, 0.15) is 5.75 Å². The Morgan fingerprint density at radius 2 is 1.50 bits per heavy atom. The highest BCUT2D eigenvalue weighted by Gasteiger charge is 2.30. The normalized spacial score (nSPS) is 9.50. The van der Waals surface area contributed by atoms with E-state index in [9.17, 15) is 19.5 Å². The Morgan fingerprint density at radius 3 is 1.94 bits per heavy atom. The summed E-state index contributed by atoms with van der Waals surface area (Å²) in [7, 11) is 0. The van der Waals surface area contributed by atoms with Gasteiger partial charge in [-0.2, -0.15) is 0 Å². The Kier molecular flexibility index (Phi) is 3.09. The van der Waals surface area contributed by atoms with Crippen LogP contribution in [-0.2, 0) is 0 Å². The van der Waals surface area contributed by atoms with Crippen molar-refractivity contribution < 1.29 is 29.7 Å². The van der Waals surface area contributed by atoms with Crippen LogP contribution in [0.2, 0.25) is 0 Å². The highest BCUT2D eigenvalue weighted by atomic mass is 16.4. The van der Waals surface area contributed by atoms with Crippen LogP contribution in [0.3, 0.4) is 0 Å². The molecule has 7 nitrogen and oxygen atoms in total. The third-order valence-corrected chi connectivity index (χ3v) is 1.72. The summed E-state index contributed by atoms with van der Waals surface area (Å²) in [5.74, 6) is -1.81. The number of carbonyl (C=O) groups excluding carboxylic acids is 1. The molecule has 16 heavy (non-hydrogen) atoms. The molecule has 0 spiro atoms. The molecule has 0 heterocycles. The number of hydrogen-bond acceptors (Lipinski definition) is 4. The van der Waals surface area contributed by atoms with Crippen molar-refractivity contribution in [3.8, 4) is 5.75 Å². The standard InChI is InChI=1S/C9H7NO6/c11-6-4-2-1-3-5(6)7(12)10(8(13)14)9(15)16/h1-4,11H,(H,13,14)(H,15,16). The number of imide groups is 3. The first-order valence-corrected chi connectivity index (χ1v) is 4.03. The number of carboxylic acid groups (broad SMARTS) is 2. The maximum Gasteiger partial charge on any atom is 0.424 e. The zero-order chi connectivity index (χ0) is 12.3. The molecule has 1 rings (SSSR count). The summed E-state index contributed by atoms with van der Waals surface area (Å²) in [6, 6.07) is 5.05. The molecule has 0 aliphatic heterocycles. The van der Waals surface area contributed by atoms with Crippen molar-refractivity contribution in [3.63, 3.8) is 0 Å². The Morgan fingerprint density at radius 1 is 1.00 bits per heavy atom. The number of rotatable bonds is 1. The highest BCUT2D eigenvalue weighted by molar-refractivity contribution is 6.13. The molecule has 1 aromatic rings. The van der Waals surface area contributed by atoms with Crippen LogP contribution in [0.15, 0.2) is 24.3 Å². The van der Waals surface area contributed by atoms with Crippen molar-refractivity contribution in [2.75, 3.05) is 0 Å². The van der Waals surface area contributed by atoms with Crippen molar-refractivity contribution in [2.24, 2.45) is 0 Å². The van der Waals surface area contributed by atoms with Gasteiger partial charge >= 0.3 is 12.2 Å².